The lowest BCUT2D eigenvalue weighted by atomic mass is 10.2. The number of nitro groups is 1. The molecule has 25 heavy (non-hydrogen) atoms. The van der Waals surface area contributed by atoms with E-state index in [-0.39, 0.29) is 5.69 Å². The summed E-state index contributed by atoms with van der Waals surface area (Å²) in [6, 6.07) is 13.6. The number of halogens is 1. The Labute approximate surface area is 147 Å². The lowest BCUT2D eigenvalue weighted by Crippen LogP contribution is -1.95. The molecule has 0 aliphatic rings. The number of non-ortho nitro benzene ring substituents is 1. The zero-order chi connectivity index (χ0) is 17.6. The highest BCUT2D eigenvalue weighted by Crippen LogP contribution is 2.18. The molecule has 3 rings (SSSR count). The first-order valence-electron chi connectivity index (χ1n) is 7.24. The molecule has 1 N–H and O–H groups in total. The van der Waals surface area contributed by atoms with Crippen LogP contribution in [-0.2, 0) is 0 Å². The largest absolute Gasteiger partial charge is 0.269 e. The minimum atomic E-state index is -0.452. The van der Waals surface area contributed by atoms with E-state index in [1.807, 2.05) is 24.3 Å². The van der Waals surface area contributed by atoms with Crippen molar-refractivity contribution in [3.8, 4) is 0 Å². The topological polar surface area (TPSA) is 93.3 Å². The maximum Gasteiger partial charge on any atom is 0.269 e. The summed E-state index contributed by atoms with van der Waals surface area (Å²) in [5.41, 5.74) is 4.40. The van der Waals surface area contributed by atoms with Crippen molar-refractivity contribution in [1.29, 1.82) is 0 Å². The Hall–Kier alpha value is -3.32. The van der Waals surface area contributed by atoms with E-state index < -0.39 is 4.92 Å². The fourth-order valence-corrected chi connectivity index (χ4v) is 2.31. The minimum Gasteiger partial charge on any atom is -0.261 e. The molecule has 3 aromatic rings. The average molecular weight is 354 g/mol. The molecule has 1 aromatic heterocycles. The normalized spacial score (nSPS) is 11.8. The van der Waals surface area contributed by atoms with Gasteiger partial charge in [-0.1, -0.05) is 23.7 Å². The van der Waals surface area contributed by atoms with Gasteiger partial charge in [0.15, 0.2) is 5.82 Å². The number of rotatable bonds is 5. The van der Waals surface area contributed by atoms with Crippen LogP contribution in [0.4, 0.5) is 11.5 Å². The Morgan fingerprint density at radius 2 is 1.92 bits per heavy atom. The molecule has 0 fully saturated rings. The van der Waals surface area contributed by atoms with Gasteiger partial charge in [-0.05, 0) is 35.9 Å². The van der Waals surface area contributed by atoms with E-state index in [0.717, 1.165) is 16.5 Å². The lowest BCUT2D eigenvalue weighted by Gasteiger charge is -2.03. The average Bonchev–Trinajstić information content (AvgIpc) is 2.62. The molecule has 0 atom stereocenters. The molecule has 1 heterocycles. The number of hydrogen-bond acceptors (Lipinski definition) is 6. The van der Waals surface area contributed by atoms with Crippen molar-refractivity contribution in [2.45, 2.75) is 0 Å². The number of allylic oxidation sites excluding steroid dienone is 1. The van der Waals surface area contributed by atoms with Crippen molar-refractivity contribution in [2.24, 2.45) is 5.10 Å². The van der Waals surface area contributed by atoms with Gasteiger partial charge in [0.1, 0.15) is 6.33 Å². The van der Waals surface area contributed by atoms with Gasteiger partial charge in [-0.25, -0.2) is 9.97 Å². The van der Waals surface area contributed by atoms with Crippen LogP contribution in [0.15, 0.2) is 65.0 Å². The van der Waals surface area contributed by atoms with Gasteiger partial charge in [0.05, 0.1) is 21.7 Å². The number of nitrogens with zero attached hydrogens (tertiary/aromatic N) is 4. The van der Waals surface area contributed by atoms with Crippen LogP contribution in [0.3, 0.4) is 0 Å². The summed E-state index contributed by atoms with van der Waals surface area (Å²) in [5, 5.41) is 15.9. The van der Waals surface area contributed by atoms with Gasteiger partial charge in [-0.2, -0.15) is 5.10 Å². The molecule has 0 bridgehead atoms. The second-order valence-corrected chi connectivity index (χ2v) is 5.42. The summed E-state index contributed by atoms with van der Waals surface area (Å²) in [6.45, 7) is 0. The van der Waals surface area contributed by atoms with E-state index in [0.29, 0.717) is 10.9 Å². The van der Waals surface area contributed by atoms with Crippen LogP contribution in [0.25, 0.3) is 17.0 Å². The number of hydrazone groups is 1. The van der Waals surface area contributed by atoms with E-state index in [9.17, 15) is 10.1 Å². The Bertz CT molecular complexity index is 965. The van der Waals surface area contributed by atoms with Crippen molar-refractivity contribution in [3.63, 3.8) is 0 Å². The van der Waals surface area contributed by atoms with Crippen molar-refractivity contribution >= 4 is 46.3 Å². The summed E-state index contributed by atoms with van der Waals surface area (Å²) in [5.74, 6) is 0.571. The van der Waals surface area contributed by atoms with Crippen molar-refractivity contribution < 1.29 is 4.92 Å². The summed E-state index contributed by atoms with van der Waals surface area (Å²) in [4.78, 5) is 18.5. The van der Waals surface area contributed by atoms with Crippen molar-refractivity contribution in [2.75, 3.05) is 5.43 Å². The fourth-order valence-electron chi connectivity index (χ4n) is 2.14. The van der Waals surface area contributed by atoms with Gasteiger partial charge >= 0.3 is 0 Å². The predicted octanol–water partition coefficient (Wildman–Crippen LogP) is 4.22. The van der Waals surface area contributed by atoms with Crippen LogP contribution in [0.1, 0.15) is 5.56 Å². The Morgan fingerprint density at radius 3 is 2.68 bits per heavy atom. The van der Waals surface area contributed by atoms with E-state index in [4.69, 9.17) is 11.6 Å². The van der Waals surface area contributed by atoms with Crippen LogP contribution in [0.5, 0.6) is 0 Å². The molecule has 0 saturated carbocycles. The highest BCUT2D eigenvalue weighted by atomic mass is 35.5. The summed E-state index contributed by atoms with van der Waals surface area (Å²) < 4.78 is 0. The molecule has 0 aliphatic heterocycles. The van der Waals surface area contributed by atoms with Gasteiger partial charge in [0, 0.05) is 17.5 Å². The van der Waals surface area contributed by atoms with Crippen molar-refractivity contribution in [1.82, 2.24) is 9.97 Å². The molecule has 0 amide bonds. The monoisotopic (exact) mass is 353 g/mol. The van der Waals surface area contributed by atoms with E-state index in [1.165, 1.54) is 24.7 Å². The zero-order valence-electron chi connectivity index (χ0n) is 12.8. The van der Waals surface area contributed by atoms with Crippen LogP contribution < -0.4 is 5.43 Å². The Kier molecular flexibility index (Phi) is 4.96. The lowest BCUT2D eigenvalue weighted by molar-refractivity contribution is -0.384. The molecule has 2 aromatic carbocycles. The molecule has 0 spiro atoms. The fraction of sp³-hybridized carbons (Fsp3) is 0. The third kappa shape index (κ3) is 4.15. The summed E-state index contributed by atoms with van der Waals surface area (Å²) in [7, 11) is 0. The van der Waals surface area contributed by atoms with Crippen LogP contribution >= 0.6 is 11.6 Å². The minimum absolute atomic E-state index is 0.0271. The number of benzene rings is 2. The number of para-hydroxylation sites is 1. The van der Waals surface area contributed by atoms with Gasteiger partial charge in [-0.3, -0.25) is 15.5 Å². The van der Waals surface area contributed by atoms with Crippen LogP contribution in [0, 0.1) is 10.1 Å². The Balaban J connectivity index is 1.71. The summed E-state index contributed by atoms with van der Waals surface area (Å²) in [6.07, 6.45) is 4.53. The first-order valence-corrected chi connectivity index (χ1v) is 7.62. The number of nitro benzene ring substituents is 1. The van der Waals surface area contributed by atoms with Crippen molar-refractivity contribution in [3.05, 3.63) is 75.6 Å². The van der Waals surface area contributed by atoms with Gasteiger partial charge in [0.2, 0.25) is 0 Å². The molecule has 0 saturated heterocycles. The maximum absolute atomic E-state index is 10.6. The van der Waals surface area contributed by atoms with E-state index in [2.05, 4.69) is 20.5 Å². The molecule has 124 valence electrons. The molecule has 0 unspecified atom stereocenters. The highest BCUT2D eigenvalue weighted by Gasteiger charge is 2.03. The predicted molar refractivity (Wildman–Crippen MR) is 98.6 cm³/mol. The number of nitrogens with one attached hydrogen (secondary N) is 1. The Morgan fingerprint density at radius 1 is 1.16 bits per heavy atom. The maximum atomic E-state index is 10.6. The number of hydrogen-bond donors (Lipinski definition) is 1. The molecular weight excluding hydrogens is 342 g/mol. The third-order valence-corrected chi connectivity index (χ3v) is 3.52. The zero-order valence-corrected chi connectivity index (χ0v) is 13.6. The standard InChI is InChI=1S/C17H12ClN5O2/c18-13(9-12-5-7-14(8-6-12)23(24)25)10-21-22-17-15-3-1-2-4-16(15)19-11-20-17/h1-11H,(H,19,20,22). The molecular formula is C17H12ClN5O2. The molecule has 0 radical (unpaired) electrons. The van der Waals surface area contributed by atoms with Crippen LogP contribution in [0.2, 0.25) is 0 Å². The molecule has 8 heteroatoms. The second kappa shape index (κ2) is 7.50. The van der Waals surface area contributed by atoms with Gasteiger partial charge in [0.25, 0.3) is 5.69 Å². The van der Waals surface area contributed by atoms with E-state index in [1.54, 1.807) is 18.2 Å². The first-order chi connectivity index (χ1) is 12.1. The van der Waals surface area contributed by atoms with Crippen LogP contribution in [-0.4, -0.2) is 21.1 Å². The van der Waals surface area contributed by atoms with Gasteiger partial charge < -0.3 is 0 Å². The number of anilines is 1. The number of fused-ring (bicyclic) bond motifs is 1. The SMILES string of the molecule is O=[N+]([O-])c1ccc(C=C(Cl)C=NNc2ncnc3ccccc23)cc1. The van der Waals surface area contributed by atoms with Gasteiger partial charge in [-0.15, -0.1) is 0 Å². The smallest absolute Gasteiger partial charge is 0.261 e. The summed E-state index contributed by atoms with van der Waals surface area (Å²) >= 11 is 6.11. The number of aromatic nitrogens is 2. The highest BCUT2D eigenvalue weighted by molar-refractivity contribution is 6.41. The molecule has 0 aliphatic carbocycles. The van der Waals surface area contributed by atoms with E-state index >= 15 is 0 Å². The molecule has 7 nitrogen and oxygen atoms in total. The quantitative estimate of drug-likeness (QED) is 0.421. The first kappa shape index (κ1) is 16.5. The second-order valence-electron chi connectivity index (χ2n) is 4.99. The third-order valence-electron chi connectivity index (χ3n) is 3.31.